The van der Waals surface area contributed by atoms with Crippen molar-refractivity contribution in [2.75, 3.05) is 0 Å². The molecule has 2 aromatic heterocycles. The van der Waals surface area contributed by atoms with Gasteiger partial charge in [0.2, 0.25) is 0 Å². The fourth-order valence-corrected chi connectivity index (χ4v) is 2.06. The molecule has 0 spiro atoms. The highest BCUT2D eigenvalue weighted by Crippen LogP contribution is 2.30. The van der Waals surface area contributed by atoms with Gasteiger partial charge in [0.05, 0.1) is 16.9 Å². The number of aromatic nitrogens is 3. The van der Waals surface area contributed by atoms with Gasteiger partial charge in [0.1, 0.15) is 11.3 Å². The van der Waals surface area contributed by atoms with Crippen LogP contribution in [0.3, 0.4) is 0 Å². The lowest BCUT2D eigenvalue weighted by Crippen LogP contribution is -2.32. The SMILES string of the molecule is CC(Cl)c1nc2cc(Cl)cnc2n1CC(F)(F)C(F)F. The Morgan fingerprint density at radius 1 is 1.40 bits per heavy atom. The van der Waals surface area contributed by atoms with E-state index in [1.165, 1.54) is 19.2 Å². The highest BCUT2D eigenvalue weighted by Gasteiger charge is 2.42. The van der Waals surface area contributed by atoms with Gasteiger partial charge in [0.25, 0.3) is 0 Å². The molecule has 0 aromatic carbocycles. The molecule has 20 heavy (non-hydrogen) atoms. The van der Waals surface area contributed by atoms with E-state index < -0.39 is 24.3 Å². The van der Waals surface area contributed by atoms with Gasteiger partial charge in [-0.25, -0.2) is 18.7 Å². The Morgan fingerprint density at radius 3 is 2.60 bits per heavy atom. The summed E-state index contributed by atoms with van der Waals surface area (Å²) in [4.78, 5) is 7.88. The number of halogens is 6. The van der Waals surface area contributed by atoms with Gasteiger partial charge in [-0.15, -0.1) is 11.6 Å². The third-order valence-corrected chi connectivity index (χ3v) is 3.03. The van der Waals surface area contributed by atoms with Gasteiger partial charge in [0, 0.05) is 6.20 Å². The molecule has 0 aliphatic rings. The van der Waals surface area contributed by atoms with Gasteiger partial charge in [-0.05, 0) is 13.0 Å². The Balaban J connectivity index is 2.57. The second-order valence-electron chi connectivity index (χ2n) is 4.23. The van der Waals surface area contributed by atoms with Crippen molar-refractivity contribution in [3.8, 4) is 0 Å². The smallest absolute Gasteiger partial charge is 0.305 e. The third-order valence-electron chi connectivity index (χ3n) is 2.63. The fourth-order valence-electron chi connectivity index (χ4n) is 1.74. The van der Waals surface area contributed by atoms with E-state index in [0.717, 1.165) is 4.57 Å². The Labute approximate surface area is 121 Å². The summed E-state index contributed by atoms with van der Waals surface area (Å²) in [6.07, 6.45) is -2.56. The quantitative estimate of drug-likeness (QED) is 0.619. The Bertz CT molecular complexity index is 627. The molecule has 0 saturated heterocycles. The van der Waals surface area contributed by atoms with Crippen LogP contribution in [-0.4, -0.2) is 26.9 Å². The molecule has 2 heterocycles. The van der Waals surface area contributed by atoms with Gasteiger partial charge in [-0.3, -0.25) is 0 Å². The first-order valence-corrected chi connectivity index (χ1v) is 6.35. The standard InChI is InChI=1S/C11H9Cl2F4N3/c1-5(12)8-19-7-2-6(13)3-18-9(7)20(8)4-11(16,17)10(14)15/h2-3,5,10H,4H2,1H3. The number of fused-ring (bicyclic) bond motifs is 1. The van der Waals surface area contributed by atoms with Crippen LogP contribution in [0.4, 0.5) is 17.6 Å². The van der Waals surface area contributed by atoms with E-state index in [1.54, 1.807) is 0 Å². The lowest BCUT2D eigenvalue weighted by Gasteiger charge is -2.18. The summed E-state index contributed by atoms with van der Waals surface area (Å²) in [6, 6.07) is 1.41. The van der Waals surface area contributed by atoms with Gasteiger partial charge in [-0.1, -0.05) is 11.6 Å². The van der Waals surface area contributed by atoms with Crippen LogP contribution in [0.1, 0.15) is 18.1 Å². The van der Waals surface area contributed by atoms with Crippen LogP contribution in [0.2, 0.25) is 5.02 Å². The molecule has 0 amide bonds. The average molecular weight is 330 g/mol. The van der Waals surface area contributed by atoms with Crippen molar-refractivity contribution in [3.63, 3.8) is 0 Å². The zero-order chi connectivity index (χ0) is 15.1. The number of imidazole rings is 1. The normalized spacial score (nSPS) is 14.2. The van der Waals surface area contributed by atoms with Crippen molar-refractivity contribution in [1.82, 2.24) is 14.5 Å². The van der Waals surface area contributed by atoms with Crippen molar-refractivity contribution in [1.29, 1.82) is 0 Å². The van der Waals surface area contributed by atoms with E-state index in [2.05, 4.69) is 9.97 Å². The van der Waals surface area contributed by atoms with Gasteiger partial charge in [0.15, 0.2) is 5.65 Å². The Kier molecular flexibility index (Phi) is 4.11. The lowest BCUT2D eigenvalue weighted by atomic mass is 10.3. The first-order valence-electron chi connectivity index (χ1n) is 5.54. The van der Waals surface area contributed by atoms with E-state index in [-0.39, 0.29) is 22.0 Å². The van der Waals surface area contributed by atoms with Crippen molar-refractivity contribution in [3.05, 3.63) is 23.1 Å². The summed E-state index contributed by atoms with van der Waals surface area (Å²) in [5.41, 5.74) is 0.266. The average Bonchev–Trinajstić information content (AvgIpc) is 2.66. The summed E-state index contributed by atoms with van der Waals surface area (Å²) in [5.74, 6) is -4.16. The molecule has 0 aliphatic carbocycles. The van der Waals surface area contributed by atoms with Crippen LogP contribution in [0.5, 0.6) is 0 Å². The number of hydrogen-bond acceptors (Lipinski definition) is 2. The van der Waals surface area contributed by atoms with Crippen LogP contribution >= 0.6 is 23.2 Å². The molecule has 9 heteroatoms. The number of hydrogen-bond donors (Lipinski definition) is 0. The van der Waals surface area contributed by atoms with E-state index in [0.29, 0.717) is 0 Å². The van der Waals surface area contributed by atoms with E-state index in [1.807, 2.05) is 0 Å². The topological polar surface area (TPSA) is 30.7 Å². The second-order valence-corrected chi connectivity index (χ2v) is 5.32. The second kappa shape index (κ2) is 5.37. The molecule has 0 fully saturated rings. The van der Waals surface area contributed by atoms with E-state index in [4.69, 9.17) is 23.2 Å². The predicted molar refractivity (Wildman–Crippen MR) is 67.8 cm³/mol. The molecule has 0 saturated carbocycles. The van der Waals surface area contributed by atoms with Gasteiger partial charge < -0.3 is 4.57 Å². The summed E-state index contributed by atoms with van der Waals surface area (Å²) < 4.78 is 52.1. The maximum absolute atomic E-state index is 13.3. The van der Waals surface area contributed by atoms with Gasteiger partial charge >= 0.3 is 12.3 Å². The third kappa shape index (κ3) is 2.83. The van der Waals surface area contributed by atoms with Crippen LogP contribution in [0.15, 0.2) is 12.3 Å². The van der Waals surface area contributed by atoms with Crippen molar-refractivity contribution in [2.24, 2.45) is 0 Å². The molecular formula is C11H9Cl2F4N3. The molecular weight excluding hydrogens is 321 g/mol. The summed E-state index contributed by atoms with van der Waals surface area (Å²) in [5, 5.41) is -0.479. The van der Waals surface area contributed by atoms with Crippen LogP contribution in [0.25, 0.3) is 11.2 Å². The summed E-state index contributed by atoms with van der Waals surface area (Å²) in [6.45, 7) is 0.254. The van der Waals surface area contributed by atoms with Crippen LogP contribution in [0, 0.1) is 0 Å². The van der Waals surface area contributed by atoms with Crippen molar-refractivity contribution >= 4 is 34.4 Å². The molecule has 2 aromatic rings. The maximum atomic E-state index is 13.3. The molecule has 0 N–H and O–H groups in total. The molecule has 0 bridgehead atoms. The van der Waals surface area contributed by atoms with Crippen molar-refractivity contribution in [2.45, 2.75) is 31.2 Å². The van der Waals surface area contributed by atoms with E-state index >= 15 is 0 Å². The highest BCUT2D eigenvalue weighted by molar-refractivity contribution is 6.31. The number of pyridine rings is 1. The Morgan fingerprint density at radius 2 is 2.05 bits per heavy atom. The maximum Gasteiger partial charge on any atom is 0.324 e. The predicted octanol–water partition coefficient (Wildman–Crippen LogP) is 4.28. The molecule has 0 radical (unpaired) electrons. The van der Waals surface area contributed by atoms with Crippen molar-refractivity contribution < 1.29 is 17.6 Å². The zero-order valence-electron chi connectivity index (χ0n) is 10.1. The minimum absolute atomic E-state index is 0.0387. The molecule has 110 valence electrons. The Hall–Kier alpha value is -1.08. The largest absolute Gasteiger partial charge is 0.324 e. The number of rotatable bonds is 4. The monoisotopic (exact) mass is 329 g/mol. The molecule has 1 atom stereocenters. The summed E-state index contributed by atoms with van der Waals surface area (Å²) in [7, 11) is 0. The van der Waals surface area contributed by atoms with Gasteiger partial charge in [-0.2, -0.15) is 8.78 Å². The zero-order valence-corrected chi connectivity index (χ0v) is 11.6. The van der Waals surface area contributed by atoms with Crippen LogP contribution < -0.4 is 0 Å². The minimum Gasteiger partial charge on any atom is -0.305 e. The lowest BCUT2D eigenvalue weighted by molar-refractivity contribution is -0.137. The molecule has 0 aliphatic heterocycles. The number of alkyl halides is 5. The minimum atomic E-state index is -4.20. The molecule has 2 rings (SSSR count). The first kappa shape index (κ1) is 15.3. The van der Waals surface area contributed by atoms with Crippen LogP contribution in [-0.2, 0) is 6.54 Å². The fraction of sp³-hybridized carbons (Fsp3) is 0.455. The van der Waals surface area contributed by atoms with E-state index in [9.17, 15) is 17.6 Å². The highest BCUT2D eigenvalue weighted by atomic mass is 35.5. The molecule has 3 nitrogen and oxygen atoms in total. The molecule has 1 unspecified atom stereocenters. The number of nitrogens with zero attached hydrogens (tertiary/aromatic N) is 3. The first-order chi connectivity index (χ1) is 9.22. The summed E-state index contributed by atoms with van der Waals surface area (Å²) >= 11 is 11.6.